The first kappa shape index (κ1) is 7.01. The van der Waals surface area contributed by atoms with Gasteiger partial charge in [-0.25, -0.2) is 0 Å². The molecule has 0 spiro atoms. The molecule has 2 heteroatoms. The van der Waals surface area contributed by atoms with Gasteiger partial charge in [-0.3, -0.25) is 0 Å². The molecule has 1 fully saturated rings. The van der Waals surface area contributed by atoms with Gasteiger partial charge in [-0.2, -0.15) is 0 Å². The van der Waals surface area contributed by atoms with E-state index in [9.17, 15) is 0 Å². The lowest BCUT2D eigenvalue weighted by atomic mass is 10.2. The topological polar surface area (TPSA) is 6.48 Å². The summed E-state index contributed by atoms with van der Waals surface area (Å²) in [5.74, 6) is 0. The fraction of sp³-hybridized carbons (Fsp3) is 0.778. The lowest BCUT2D eigenvalue weighted by Crippen LogP contribution is -2.30. The zero-order valence-corrected chi connectivity index (χ0v) is 7.16. The molecule has 1 saturated carbocycles. The van der Waals surface area contributed by atoms with Crippen molar-refractivity contribution < 1.29 is 0 Å². The zero-order valence-electron chi connectivity index (χ0n) is 7.16. The Morgan fingerprint density at radius 2 is 1.91 bits per heavy atom. The molecule has 0 bridgehead atoms. The first-order chi connectivity index (χ1) is 5.36. The van der Waals surface area contributed by atoms with E-state index in [2.05, 4.69) is 29.2 Å². The summed E-state index contributed by atoms with van der Waals surface area (Å²) in [7, 11) is 2.13. The van der Waals surface area contributed by atoms with E-state index in [-0.39, 0.29) is 0 Å². The maximum absolute atomic E-state index is 2.47. The van der Waals surface area contributed by atoms with Crippen LogP contribution < -0.4 is 0 Å². The highest BCUT2D eigenvalue weighted by molar-refractivity contribution is 4.93. The van der Waals surface area contributed by atoms with Crippen molar-refractivity contribution in [1.29, 1.82) is 0 Å². The largest absolute Gasteiger partial charge is 0.362 e. The molecular formula is C9H16N2. The molecule has 0 saturated heterocycles. The predicted octanol–water partition coefficient (Wildman–Crippen LogP) is 1.61. The molecule has 1 heterocycles. The molecule has 0 aromatic heterocycles. The van der Waals surface area contributed by atoms with E-state index in [0.717, 1.165) is 12.7 Å². The Balaban J connectivity index is 1.91. The second-order valence-electron chi connectivity index (χ2n) is 3.65. The zero-order chi connectivity index (χ0) is 7.68. The van der Waals surface area contributed by atoms with Crippen LogP contribution in [-0.4, -0.2) is 29.6 Å². The second kappa shape index (κ2) is 2.76. The van der Waals surface area contributed by atoms with Crippen LogP contribution in [0.3, 0.4) is 0 Å². The minimum absolute atomic E-state index is 0.844. The number of nitrogens with zero attached hydrogens (tertiary/aromatic N) is 2. The molecule has 0 aromatic carbocycles. The van der Waals surface area contributed by atoms with Gasteiger partial charge in [-0.05, 0) is 12.8 Å². The fourth-order valence-electron chi connectivity index (χ4n) is 2.02. The van der Waals surface area contributed by atoms with Crippen molar-refractivity contribution in [3.8, 4) is 0 Å². The van der Waals surface area contributed by atoms with Crippen LogP contribution in [0.2, 0.25) is 0 Å². The van der Waals surface area contributed by atoms with Crippen molar-refractivity contribution in [1.82, 2.24) is 9.80 Å². The van der Waals surface area contributed by atoms with Crippen LogP contribution in [0.25, 0.3) is 0 Å². The minimum Gasteiger partial charge on any atom is -0.362 e. The molecular weight excluding hydrogens is 136 g/mol. The van der Waals surface area contributed by atoms with Crippen molar-refractivity contribution in [2.75, 3.05) is 13.7 Å². The molecule has 2 rings (SSSR count). The van der Waals surface area contributed by atoms with Crippen molar-refractivity contribution in [3.63, 3.8) is 0 Å². The van der Waals surface area contributed by atoms with Gasteiger partial charge in [0.05, 0.1) is 6.67 Å². The van der Waals surface area contributed by atoms with Crippen LogP contribution in [0.4, 0.5) is 0 Å². The molecule has 1 aliphatic carbocycles. The number of rotatable bonds is 1. The van der Waals surface area contributed by atoms with Crippen LogP contribution in [0.15, 0.2) is 12.4 Å². The summed E-state index contributed by atoms with van der Waals surface area (Å²) in [5.41, 5.74) is 0. The molecule has 0 radical (unpaired) electrons. The van der Waals surface area contributed by atoms with Gasteiger partial charge in [-0.15, -0.1) is 0 Å². The van der Waals surface area contributed by atoms with Crippen LogP contribution in [0.1, 0.15) is 25.7 Å². The van der Waals surface area contributed by atoms with E-state index in [1.807, 2.05) is 0 Å². The first-order valence-corrected chi connectivity index (χ1v) is 4.50. The normalized spacial score (nSPS) is 25.5. The predicted molar refractivity (Wildman–Crippen MR) is 45.9 cm³/mol. The van der Waals surface area contributed by atoms with E-state index in [0.29, 0.717) is 0 Å². The first-order valence-electron chi connectivity index (χ1n) is 4.50. The molecule has 2 nitrogen and oxygen atoms in total. The smallest absolute Gasteiger partial charge is 0.0893 e. The Morgan fingerprint density at radius 1 is 1.18 bits per heavy atom. The Hall–Kier alpha value is -0.660. The summed E-state index contributed by atoms with van der Waals surface area (Å²) in [6.07, 6.45) is 10.1. The highest BCUT2D eigenvalue weighted by Crippen LogP contribution is 2.25. The highest BCUT2D eigenvalue weighted by Gasteiger charge is 2.22. The Morgan fingerprint density at radius 3 is 2.45 bits per heavy atom. The van der Waals surface area contributed by atoms with Crippen LogP contribution in [0.5, 0.6) is 0 Å². The lowest BCUT2D eigenvalue weighted by Gasteiger charge is -2.24. The summed E-state index contributed by atoms with van der Waals surface area (Å²) in [6, 6.07) is 0.844. The summed E-state index contributed by atoms with van der Waals surface area (Å²) < 4.78 is 0. The third kappa shape index (κ3) is 1.35. The van der Waals surface area contributed by atoms with Gasteiger partial charge < -0.3 is 9.80 Å². The van der Waals surface area contributed by atoms with Crippen molar-refractivity contribution in [2.24, 2.45) is 0 Å². The van der Waals surface area contributed by atoms with E-state index >= 15 is 0 Å². The molecule has 62 valence electrons. The summed E-state index contributed by atoms with van der Waals surface area (Å²) in [5, 5.41) is 0. The molecule has 0 atom stereocenters. The van der Waals surface area contributed by atoms with Crippen molar-refractivity contribution in [2.45, 2.75) is 31.7 Å². The van der Waals surface area contributed by atoms with Crippen LogP contribution in [-0.2, 0) is 0 Å². The molecule has 11 heavy (non-hydrogen) atoms. The average molecular weight is 152 g/mol. The highest BCUT2D eigenvalue weighted by atomic mass is 15.3. The molecule has 0 amide bonds. The van der Waals surface area contributed by atoms with E-state index in [1.54, 1.807) is 0 Å². The molecule has 0 N–H and O–H groups in total. The quantitative estimate of drug-likeness (QED) is 0.563. The monoisotopic (exact) mass is 152 g/mol. The maximum Gasteiger partial charge on any atom is 0.0893 e. The molecule has 0 unspecified atom stereocenters. The number of hydrogen-bond acceptors (Lipinski definition) is 2. The molecule has 0 aromatic rings. The van der Waals surface area contributed by atoms with Gasteiger partial charge in [0.25, 0.3) is 0 Å². The van der Waals surface area contributed by atoms with Gasteiger partial charge in [0.1, 0.15) is 0 Å². The fourth-order valence-corrected chi connectivity index (χ4v) is 2.02. The second-order valence-corrected chi connectivity index (χ2v) is 3.65. The SMILES string of the molecule is CN1C=CN(C2CCCC2)C1. The van der Waals surface area contributed by atoms with E-state index in [1.165, 1.54) is 25.7 Å². The third-order valence-electron chi connectivity index (χ3n) is 2.69. The minimum atomic E-state index is 0.844. The number of hydrogen-bond donors (Lipinski definition) is 0. The maximum atomic E-state index is 2.47. The van der Waals surface area contributed by atoms with Gasteiger partial charge in [0.2, 0.25) is 0 Å². The van der Waals surface area contributed by atoms with Crippen LogP contribution in [0, 0.1) is 0 Å². The average Bonchev–Trinajstić information content (AvgIpc) is 2.55. The molecule has 2 aliphatic rings. The summed E-state index contributed by atoms with van der Waals surface area (Å²) in [6.45, 7) is 1.10. The van der Waals surface area contributed by atoms with Gasteiger partial charge in [0.15, 0.2) is 0 Å². The van der Waals surface area contributed by atoms with Crippen molar-refractivity contribution in [3.05, 3.63) is 12.4 Å². The van der Waals surface area contributed by atoms with Gasteiger partial charge >= 0.3 is 0 Å². The standard InChI is InChI=1S/C9H16N2/c1-10-6-7-11(8-10)9-4-2-3-5-9/h6-7,9H,2-5,8H2,1H3. The Kier molecular flexibility index (Phi) is 1.76. The van der Waals surface area contributed by atoms with Crippen molar-refractivity contribution >= 4 is 0 Å². The lowest BCUT2D eigenvalue weighted by molar-refractivity contribution is 0.232. The summed E-state index contributed by atoms with van der Waals surface area (Å²) >= 11 is 0. The Bertz CT molecular complexity index is 159. The summed E-state index contributed by atoms with van der Waals surface area (Å²) in [4.78, 5) is 4.70. The van der Waals surface area contributed by atoms with E-state index < -0.39 is 0 Å². The van der Waals surface area contributed by atoms with E-state index in [4.69, 9.17) is 0 Å². The van der Waals surface area contributed by atoms with Gasteiger partial charge in [-0.1, -0.05) is 12.8 Å². The van der Waals surface area contributed by atoms with Crippen LogP contribution >= 0.6 is 0 Å². The molecule has 1 aliphatic heterocycles. The van der Waals surface area contributed by atoms with Gasteiger partial charge in [0, 0.05) is 25.5 Å². The third-order valence-corrected chi connectivity index (χ3v) is 2.69. The Labute approximate surface area is 68.5 Å².